The molecule has 0 saturated carbocycles. The lowest BCUT2D eigenvalue weighted by Crippen LogP contribution is -2.09. The highest BCUT2D eigenvalue weighted by atomic mass is 35.5. The molecule has 0 heterocycles. The van der Waals surface area contributed by atoms with Crippen LogP contribution in [0.2, 0.25) is 0 Å². The topological polar surface area (TPSA) is 35.8 Å². The van der Waals surface area contributed by atoms with E-state index in [-0.39, 0.29) is 0 Å². The van der Waals surface area contributed by atoms with Crippen molar-refractivity contribution in [1.29, 1.82) is 5.26 Å². The zero-order chi connectivity index (χ0) is 9.61. The number of nitriles is 1. The van der Waals surface area contributed by atoms with Crippen LogP contribution in [-0.2, 0) is 0 Å². The van der Waals surface area contributed by atoms with Gasteiger partial charge in [0.15, 0.2) is 0 Å². The lowest BCUT2D eigenvalue weighted by molar-refractivity contribution is 0.995. The van der Waals surface area contributed by atoms with E-state index < -0.39 is 4.87 Å². The molecule has 0 aliphatic heterocycles. The lowest BCUT2D eigenvalue weighted by atomic mass is 10.2. The fourth-order valence-electron chi connectivity index (χ4n) is 0.474. The molecule has 1 unspecified atom stereocenters. The zero-order valence-corrected chi connectivity index (χ0v) is 7.73. The Morgan fingerprint density at radius 1 is 1.75 bits per heavy atom. The third-order valence-corrected chi connectivity index (χ3v) is 1.31. The highest BCUT2D eigenvalue weighted by molar-refractivity contribution is 6.26. The van der Waals surface area contributed by atoms with E-state index in [0.29, 0.717) is 5.70 Å². The van der Waals surface area contributed by atoms with Gasteiger partial charge in [0.05, 0.1) is 6.07 Å². The SMILES string of the molecule is C=CNC(=C)/C=C\C(C)(Cl)C#N. The smallest absolute Gasteiger partial charge is 0.146 e. The number of halogens is 1. The molecule has 0 rings (SSSR count). The maximum absolute atomic E-state index is 8.53. The Balaban J connectivity index is 4.17. The Morgan fingerprint density at radius 3 is 2.75 bits per heavy atom. The van der Waals surface area contributed by atoms with Crippen molar-refractivity contribution in [3.8, 4) is 6.07 Å². The summed E-state index contributed by atoms with van der Waals surface area (Å²) in [5, 5.41) is 11.3. The summed E-state index contributed by atoms with van der Waals surface area (Å²) in [7, 11) is 0. The number of rotatable bonds is 4. The first kappa shape index (κ1) is 10.8. The van der Waals surface area contributed by atoms with Gasteiger partial charge in [-0.2, -0.15) is 5.26 Å². The molecule has 2 nitrogen and oxygen atoms in total. The molecule has 1 atom stereocenters. The standard InChI is InChI=1S/C9H11ClN2/c1-4-12-8(2)5-6-9(3,10)7-11/h4-6,12H,1-2H2,3H3/b6-5-. The summed E-state index contributed by atoms with van der Waals surface area (Å²) in [5.74, 6) is 0. The van der Waals surface area contributed by atoms with Gasteiger partial charge in [0.1, 0.15) is 4.87 Å². The summed E-state index contributed by atoms with van der Waals surface area (Å²) >= 11 is 5.72. The molecule has 0 aromatic heterocycles. The van der Waals surface area contributed by atoms with Crippen molar-refractivity contribution in [2.45, 2.75) is 11.8 Å². The van der Waals surface area contributed by atoms with Gasteiger partial charge in [0.25, 0.3) is 0 Å². The highest BCUT2D eigenvalue weighted by Gasteiger charge is 2.13. The first-order valence-corrected chi connectivity index (χ1v) is 3.75. The molecule has 0 aromatic carbocycles. The number of nitrogens with one attached hydrogen (secondary N) is 1. The first-order chi connectivity index (χ1) is 5.52. The Labute approximate surface area is 77.8 Å². The van der Waals surface area contributed by atoms with Gasteiger partial charge in [-0.25, -0.2) is 0 Å². The monoisotopic (exact) mass is 182 g/mol. The lowest BCUT2D eigenvalue weighted by Gasteiger charge is -2.05. The largest absolute Gasteiger partial charge is 0.363 e. The van der Waals surface area contributed by atoms with Crippen molar-refractivity contribution in [3.05, 3.63) is 37.2 Å². The summed E-state index contributed by atoms with van der Waals surface area (Å²) in [5.41, 5.74) is 0.645. The molecule has 12 heavy (non-hydrogen) atoms. The number of alkyl halides is 1. The van der Waals surface area contributed by atoms with Crippen molar-refractivity contribution in [3.63, 3.8) is 0 Å². The second kappa shape index (κ2) is 4.63. The molecular formula is C9H11ClN2. The molecule has 3 heteroatoms. The Hall–Kier alpha value is -1.20. The fourth-order valence-corrected chi connectivity index (χ4v) is 0.537. The first-order valence-electron chi connectivity index (χ1n) is 3.37. The summed E-state index contributed by atoms with van der Waals surface area (Å²) < 4.78 is 0. The number of hydrogen-bond donors (Lipinski definition) is 1. The fraction of sp³-hybridized carbons (Fsp3) is 0.222. The maximum atomic E-state index is 8.53. The summed E-state index contributed by atoms with van der Waals surface area (Å²) in [6.07, 6.45) is 4.70. The van der Waals surface area contributed by atoms with Gasteiger partial charge < -0.3 is 5.32 Å². The van der Waals surface area contributed by atoms with Gasteiger partial charge in [-0.1, -0.05) is 24.8 Å². The van der Waals surface area contributed by atoms with E-state index in [1.54, 1.807) is 19.1 Å². The van der Waals surface area contributed by atoms with Crippen molar-refractivity contribution >= 4 is 11.6 Å². The van der Waals surface area contributed by atoms with Crippen LogP contribution in [0.3, 0.4) is 0 Å². The van der Waals surface area contributed by atoms with E-state index in [4.69, 9.17) is 16.9 Å². The number of nitrogens with zero attached hydrogens (tertiary/aromatic N) is 1. The summed E-state index contributed by atoms with van der Waals surface area (Å²) in [6.45, 7) is 8.71. The molecule has 0 bridgehead atoms. The highest BCUT2D eigenvalue weighted by Crippen LogP contribution is 2.14. The van der Waals surface area contributed by atoms with Crippen LogP contribution < -0.4 is 5.32 Å². The van der Waals surface area contributed by atoms with Gasteiger partial charge in [-0.15, -0.1) is 0 Å². The minimum absolute atomic E-state index is 0.645. The van der Waals surface area contributed by atoms with E-state index in [0.717, 1.165) is 0 Å². The van der Waals surface area contributed by atoms with Crippen LogP contribution in [0, 0.1) is 11.3 Å². The normalized spacial score (nSPS) is 14.8. The minimum atomic E-state index is -0.966. The van der Waals surface area contributed by atoms with E-state index in [2.05, 4.69) is 18.5 Å². The third-order valence-electron chi connectivity index (χ3n) is 1.10. The van der Waals surface area contributed by atoms with E-state index >= 15 is 0 Å². The van der Waals surface area contributed by atoms with Crippen LogP contribution in [-0.4, -0.2) is 4.87 Å². The molecule has 0 aliphatic carbocycles. The molecular weight excluding hydrogens is 172 g/mol. The van der Waals surface area contributed by atoms with Crippen LogP contribution in [0.25, 0.3) is 0 Å². The van der Waals surface area contributed by atoms with Crippen molar-refractivity contribution < 1.29 is 0 Å². The average Bonchev–Trinajstić information content (AvgIpc) is 2.02. The molecule has 0 saturated heterocycles. The van der Waals surface area contributed by atoms with Crippen molar-refractivity contribution in [2.24, 2.45) is 0 Å². The molecule has 0 radical (unpaired) electrons. The van der Waals surface area contributed by atoms with Crippen LogP contribution in [0.4, 0.5) is 0 Å². The van der Waals surface area contributed by atoms with E-state index in [1.165, 1.54) is 6.20 Å². The van der Waals surface area contributed by atoms with Crippen LogP contribution in [0.5, 0.6) is 0 Å². The van der Waals surface area contributed by atoms with Gasteiger partial charge >= 0.3 is 0 Å². The number of hydrogen-bond acceptors (Lipinski definition) is 2. The quantitative estimate of drug-likeness (QED) is 0.535. The molecule has 64 valence electrons. The summed E-state index contributed by atoms with van der Waals surface area (Å²) in [4.78, 5) is -0.966. The molecule has 0 aliphatic rings. The van der Waals surface area contributed by atoms with Crippen LogP contribution >= 0.6 is 11.6 Å². The van der Waals surface area contributed by atoms with Crippen molar-refractivity contribution in [2.75, 3.05) is 0 Å². The predicted molar refractivity (Wildman–Crippen MR) is 51.5 cm³/mol. The Bertz CT molecular complexity index is 246. The van der Waals surface area contributed by atoms with Gasteiger partial charge in [0, 0.05) is 5.70 Å². The Morgan fingerprint density at radius 2 is 2.33 bits per heavy atom. The second-order valence-corrected chi connectivity index (χ2v) is 3.18. The molecule has 0 amide bonds. The van der Waals surface area contributed by atoms with E-state index in [9.17, 15) is 0 Å². The zero-order valence-electron chi connectivity index (χ0n) is 6.97. The van der Waals surface area contributed by atoms with Gasteiger partial charge in [-0.05, 0) is 25.3 Å². The third kappa shape index (κ3) is 4.59. The van der Waals surface area contributed by atoms with Crippen LogP contribution in [0.1, 0.15) is 6.92 Å². The predicted octanol–water partition coefficient (Wildman–Crippen LogP) is 2.31. The molecule has 0 aromatic rings. The van der Waals surface area contributed by atoms with Crippen LogP contribution in [0.15, 0.2) is 37.2 Å². The Kier molecular flexibility index (Phi) is 4.17. The summed E-state index contributed by atoms with van der Waals surface area (Å²) in [6, 6.07) is 1.92. The van der Waals surface area contributed by atoms with Gasteiger partial charge in [0.2, 0.25) is 0 Å². The minimum Gasteiger partial charge on any atom is -0.363 e. The molecule has 0 fully saturated rings. The number of allylic oxidation sites excluding steroid dienone is 2. The average molecular weight is 183 g/mol. The maximum Gasteiger partial charge on any atom is 0.146 e. The van der Waals surface area contributed by atoms with E-state index in [1.807, 2.05) is 6.07 Å². The van der Waals surface area contributed by atoms with Crippen molar-refractivity contribution in [1.82, 2.24) is 5.32 Å². The molecule has 0 spiro atoms. The molecule has 1 N–H and O–H groups in total. The second-order valence-electron chi connectivity index (χ2n) is 2.39. The van der Waals surface area contributed by atoms with Gasteiger partial charge in [-0.3, -0.25) is 0 Å².